The molecule has 17 heavy (non-hydrogen) atoms. The van der Waals surface area contributed by atoms with Gasteiger partial charge >= 0.3 is 0 Å². The lowest BCUT2D eigenvalue weighted by atomic mass is 9.76. The van der Waals surface area contributed by atoms with Crippen LogP contribution in [0.4, 0.5) is 0 Å². The molecule has 0 aromatic heterocycles. The van der Waals surface area contributed by atoms with Crippen molar-refractivity contribution >= 4 is 5.91 Å². The highest BCUT2D eigenvalue weighted by Crippen LogP contribution is 2.32. The lowest BCUT2D eigenvalue weighted by Gasteiger charge is -2.40. The Bertz CT molecular complexity index is 263. The molecule has 1 saturated carbocycles. The highest BCUT2D eigenvalue weighted by molar-refractivity contribution is 5.86. The molecule has 2 atom stereocenters. The van der Waals surface area contributed by atoms with E-state index in [1.807, 2.05) is 11.9 Å². The summed E-state index contributed by atoms with van der Waals surface area (Å²) in [5.74, 6) is 0.727. The molecule has 1 rings (SSSR count). The van der Waals surface area contributed by atoms with E-state index in [1.165, 1.54) is 6.42 Å². The summed E-state index contributed by atoms with van der Waals surface area (Å²) < 4.78 is 0. The van der Waals surface area contributed by atoms with Gasteiger partial charge in [0.05, 0.1) is 5.54 Å². The van der Waals surface area contributed by atoms with Gasteiger partial charge < -0.3 is 10.6 Å². The third-order valence-corrected chi connectivity index (χ3v) is 4.27. The lowest BCUT2D eigenvalue weighted by molar-refractivity contribution is -0.139. The summed E-state index contributed by atoms with van der Waals surface area (Å²) >= 11 is 0. The first-order valence-corrected chi connectivity index (χ1v) is 7.00. The molecular weight excluding hydrogens is 212 g/mol. The van der Waals surface area contributed by atoms with Crippen LogP contribution in [0, 0.1) is 5.92 Å². The molecule has 2 N–H and O–H groups in total. The van der Waals surface area contributed by atoms with Gasteiger partial charge in [-0.1, -0.05) is 33.6 Å². The first-order chi connectivity index (χ1) is 7.94. The quantitative estimate of drug-likeness (QED) is 0.821. The minimum atomic E-state index is -0.602. The Morgan fingerprint density at radius 3 is 2.53 bits per heavy atom. The van der Waals surface area contributed by atoms with E-state index in [-0.39, 0.29) is 5.91 Å². The summed E-state index contributed by atoms with van der Waals surface area (Å²) in [7, 11) is 1.91. The number of carbonyl (C=O) groups is 1. The van der Waals surface area contributed by atoms with Crippen molar-refractivity contribution in [1.82, 2.24) is 4.90 Å². The zero-order valence-corrected chi connectivity index (χ0v) is 11.8. The molecule has 0 aromatic rings. The second-order valence-corrected chi connectivity index (χ2v) is 5.74. The fourth-order valence-electron chi connectivity index (χ4n) is 3.14. The number of rotatable bonds is 4. The van der Waals surface area contributed by atoms with Gasteiger partial charge in [-0.3, -0.25) is 4.79 Å². The van der Waals surface area contributed by atoms with E-state index in [9.17, 15) is 4.79 Å². The Kier molecular flexibility index (Phi) is 4.99. The number of nitrogens with zero attached hydrogens (tertiary/aromatic N) is 1. The van der Waals surface area contributed by atoms with E-state index in [2.05, 4.69) is 20.8 Å². The van der Waals surface area contributed by atoms with E-state index in [0.717, 1.165) is 32.1 Å². The van der Waals surface area contributed by atoms with Crippen molar-refractivity contribution in [2.24, 2.45) is 11.7 Å². The Morgan fingerprint density at radius 2 is 2.06 bits per heavy atom. The molecule has 2 unspecified atom stereocenters. The lowest BCUT2D eigenvalue weighted by Crippen LogP contribution is -2.58. The Hall–Kier alpha value is -0.570. The van der Waals surface area contributed by atoms with Crippen LogP contribution in [-0.2, 0) is 4.79 Å². The number of hydrogen-bond donors (Lipinski definition) is 1. The van der Waals surface area contributed by atoms with Crippen LogP contribution in [0.1, 0.15) is 59.3 Å². The molecule has 1 amide bonds. The minimum Gasteiger partial charge on any atom is -0.341 e. The highest BCUT2D eigenvalue weighted by atomic mass is 16.2. The van der Waals surface area contributed by atoms with Crippen molar-refractivity contribution in [2.75, 3.05) is 7.05 Å². The van der Waals surface area contributed by atoms with Gasteiger partial charge in [-0.05, 0) is 31.6 Å². The molecule has 0 saturated heterocycles. The normalized spacial score (nSPS) is 29.4. The van der Waals surface area contributed by atoms with Crippen LogP contribution >= 0.6 is 0 Å². The van der Waals surface area contributed by atoms with Crippen LogP contribution in [0.5, 0.6) is 0 Å². The maximum absolute atomic E-state index is 12.5. The fraction of sp³-hybridized carbons (Fsp3) is 0.929. The number of carbonyl (C=O) groups excluding carboxylic acids is 1. The average Bonchev–Trinajstić information content (AvgIpc) is 2.29. The topological polar surface area (TPSA) is 46.3 Å². The first kappa shape index (κ1) is 14.5. The smallest absolute Gasteiger partial charge is 0.242 e. The van der Waals surface area contributed by atoms with E-state index >= 15 is 0 Å². The van der Waals surface area contributed by atoms with Crippen LogP contribution in [0.3, 0.4) is 0 Å². The van der Waals surface area contributed by atoms with Crippen molar-refractivity contribution in [2.45, 2.75) is 70.9 Å². The molecule has 0 spiro atoms. The van der Waals surface area contributed by atoms with Crippen molar-refractivity contribution in [1.29, 1.82) is 0 Å². The molecule has 100 valence electrons. The van der Waals surface area contributed by atoms with E-state index in [1.54, 1.807) is 0 Å². The number of amides is 1. The predicted octanol–water partition coefficient (Wildman–Crippen LogP) is 2.54. The monoisotopic (exact) mass is 240 g/mol. The minimum absolute atomic E-state index is 0.151. The molecule has 0 bridgehead atoms. The van der Waals surface area contributed by atoms with Crippen molar-refractivity contribution in [3.05, 3.63) is 0 Å². The van der Waals surface area contributed by atoms with Gasteiger partial charge in [0.25, 0.3) is 0 Å². The maximum atomic E-state index is 12.5. The van der Waals surface area contributed by atoms with Gasteiger partial charge in [0, 0.05) is 13.1 Å². The molecule has 3 nitrogen and oxygen atoms in total. The molecule has 3 heteroatoms. The summed E-state index contributed by atoms with van der Waals surface area (Å²) in [6, 6.07) is 0.333. The van der Waals surface area contributed by atoms with Crippen molar-refractivity contribution in [3.8, 4) is 0 Å². The van der Waals surface area contributed by atoms with Crippen LogP contribution in [0.2, 0.25) is 0 Å². The molecule has 1 fully saturated rings. The second kappa shape index (κ2) is 5.85. The predicted molar refractivity (Wildman–Crippen MR) is 71.7 cm³/mol. The summed E-state index contributed by atoms with van der Waals surface area (Å²) in [5, 5.41) is 0. The fourth-order valence-corrected chi connectivity index (χ4v) is 3.14. The zero-order valence-electron chi connectivity index (χ0n) is 11.8. The maximum Gasteiger partial charge on any atom is 0.242 e. The molecular formula is C14H28N2O. The van der Waals surface area contributed by atoms with Gasteiger partial charge in [-0.15, -0.1) is 0 Å². The second-order valence-electron chi connectivity index (χ2n) is 5.74. The molecule has 1 aliphatic rings. The number of nitrogens with two attached hydrogens (primary N) is 1. The summed E-state index contributed by atoms with van der Waals surface area (Å²) in [6.07, 6.45) is 5.99. The zero-order chi connectivity index (χ0) is 13.1. The van der Waals surface area contributed by atoms with Crippen molar-refractivity contribution < 1.29 is 4.79 Å². The van der Waals surface area contributed by atoms with Crippen LogP contribution in [0.15, 0.2) is 0 Å². The SMILES string of the molecule is CCC(CC)N(C)C(=O)C1(N)CCCC(C)C1. The molecule has 0 aromatic carbocycles. The van der Waals surface area contributed by atoms with Crippen LogP contribution in [-0.4, -0.2) is 29.4 Å². The van der Waals surface area contributed by atoms with E-state index in [4.69, 9.17) is 5.73 Å². The van der Waals surface area contributed by atoms with Crippen LogP contribution < -0.4 is 5.73 Å². The van der Waals surface area contributed by atoms with Gasteiger partial charge in [0.1, 0.15) is 0 Å². The molecule has 0 aliphatic heterocycles. The Morgan fingerprint density at radius 1 is 1.47 bits per heavy atom. The Labute approximate surface area is 106 Å². The summed E-state index contributed by atoms with van der Waals surface area (Å²) in [4.78, 5) is 14.4. The van der Waals surface area contributed by atoms with Gasteiger partial charge in [0.15, 0.2) is 0 Å². The Balaban J connectivity index is 2.73. The van der Waals surface area contributed by atoms with Gasteiger partial charge in [-0.2, -0.15) is 0 Å². The standard InChI is InChI=1S/C14H28N2O/c1-5-12(6-2)16(4)13(17)14(15)9-7-8-11(3)10-14/h11-12H,5-10,15H2,1-4H3. The molecule has 0 heterocycles. The summed E-state index contributed by atoms with van der Waals surface area (Å²) in [5.41, 5.74) is 5.75. The molecule has 0 radical (unpaired) electrons. The summed E-state index contributed by atoms with van der Waals surface area (Å²) in [6.45, 7) is 6.46. The van der Waals surface area contributed by atoms with Gasteiger partial charge in [0.2, 0.25) is 5.91 Å². The van der Waals surface area contributed by atoms with Crippen molar-refractivity contribution in [3.63, 3.8) is 0 Å². The van der Waals surface area contributed by atoms with Crippen LogP contribution in [0.25, 0.3) is 0 Å². The number of likely N-dealkylation sites (N-methyl/N-ethyl adjacent to an activating group) is 1. The van der Waals surface area contributed by atoms with E-state index in [0.29, 0.717) is 12.0 Å². The average molecular weight is 240 g/mol. The first-order valence-electron chi connectivity index (χ1n) is 7.00. The third kappa shape index (κ3) is 3.21. The highest BCUT2D eigenvalue weighted by Gasteiger charge is 2.40. The third-order valence-electron chi connectivity index (χ3n) is 4.27. The number of hydrogen-bond acceptors (Lipinski definition) is 2. The largest absolute Gasteiger partial charge is 0.341 e. The van der Waals surface area contributed by atoms with Gasteiger partial charge in [-0.25, -0.2) is 0 Å². The van der Waals surface area contributed by atoms with E-state index < -0.39 is 5.54 Å². The molecule has 1 aliphatic carbocycles.